The molecule has 2 aromatic rings. The summed E-state index contributed by atoms with van der Waals surface area (Å²) in [4.78, 5) is 0. The summed E-state index contributed by atoms with van der Waals surface area (Å²) in [7, 11) is 1.55. The van der Waals surface area contributed by atoms with Crippen LogP contribution in [-0.2, 0) is 6.61 Å². The molecule has 0 heterocycles. The van der Waals surface area contributed by atoms with Crippen molar-refractivity contribution in [2.75, 3.05) is 7.11 Å². The third-order valence-electron chi connectivity index (χ3n) is 2.83. The number of hydrogen-bond donors (Lipinski definition) is 0. The molecule has 0 bridgehead atoms. The van der Waals surface area contributed by atoms with Gasteiger partial charge in [0.2, 0.25) is 0 Å². The molecule has 0 radical (unpaired) electrons. The average Bonchev–Trinajstić information content (AvgIpc) is 2.45. The van der Waals surface area contributed by atoms with Gasteiger partial charge in [0.15, 0.2) is 0 Å². The first kappa shape index (κ1) is 18.6. The third-order valence-corrected chi connectivity index (χ3v) is 2.83. The molecule has 7 heteroatoms. The third kappa shape index (κ3) is 5.34. The predicted molar refractivity (Wildman–Crippen MR) is 72.5 cm³/mol. The molecule has 0 N–H and O–H groups in total. The molecule has 0 amide bonds. The van der Waals surface area contributed by atoms with Gasteiger partial charge in [0.1, 0.15) is 12.4 Å². The monoisotopic (exact) mass is 320 g/mol. The Bertz CT molecular complexity index is 573. The molecule has 0 aliphatic rings. The van der Waals surface area contributed by atoms with E-state index in [1.165, 1.54) is 18.2 Å². The number of halogens is 3. The van der Waals surface area contributed by atoms with Crippen LogP contribution in [0.15, 0.2) is 48.5 Å². The average molecular weight is 320 g/mol. The Balaban J connectivity index is 0.00000220. The maximum atomic E-state index is 12.8. The van der Waals surface area contributed by atoms with Crippen LogP contribution in [-0.4, -0.2) is 14.1 Å². The molecule has 2 nitrogen and oxygen atoms in total. The van der Waals surface area contributed by atoms with Crippen LogP contribution in [0.4, 0.5) is 12.9 Å². The van der Waals surface area contributed by atoms with E-state index in [2.05, 4.69) is 0 Å². The van der Waals surface area contributed by atoms with Gasteiger partial charge in [-0.3, -0.25) is 0 Å². The van der Waals surface area contributed by atoms with Crippen molar-refractivity contribution in [3.05, 3.63) is 54.1 Å². The second kappa shape index (κ2) is 8.24. The van der Waals surface area contributed by atoms with E-state index in [1.807, 2.05) is 0 Å². The largest absolute Gasteiger partial charge is 1.00 e. The minimum Gasteiger partial charge on any atom is -0.497 e. The van der Waals surface area contributed by atoms with Crippen LogP contribution in [0.1, 0.15) is 5.56 Å². The molecule has 0 unspecified atom stereocenters. The predicted octanol–water partition coefficient (Wildman–Crippen LogP) is 0.333. The van der Waals surface area contributed by atoms with Crippen molar-refractivity contribution in [2.24, 2.45) is 0 Å². The molecule has 0 fully saturated rings. The van der Waals surface area contributed by atoms with Gasteiger partial charge < -0.3 is 22.4 Å². The molecule has 0 atom stereocenters. The zero-order chi connectivity index (χ0) is 14.6. The summed E-state index contributed by atoms with van der Waals surface area (Å²) in [6.07, 6.45) is 0. The van der Waals surface area contributed by atoms with Gasteiger partial charge in [-0.1, -0.05) is 35.8 Å². The Morgan fingerprint density at radius 2 is 1.57 bits per heavy atom. The minimum atomic E-state index is -5.08. The SMILES string of the molecule is COc1ccc(COc2ccccc2[B-](F)(F)F)cc1.[K+]. The van der Waals surface area contributed by atoms with E-state index in [9.17, 15) is 12.9 Å². The van der Waals surface area contributed by atoms with Crippen molar-refractivity contribution in [1.82, 2.24) is 0 Å². The van der Waals surface area contributed by atoms with E-state index in [4.69, 9.17) is 9.47 Å². The zero-order valence-electron chi connectivity index (χ0n) is 11.9. The van der Waals surface area contributed by atoms with E-state index < -0.39 is 12.4 Å². The molecule has 106 valence electrons. The molecule has 0 spiro atoms. The Labute approximate surface area is 164 Å². The molecule has 2 aromatic carbocycles. The summed E-state index contributed by atoms with van der Waals surface area (Å²) >= 11 is 0. The van der Waals surface area contributed by atoms with Gasteiger partial charge >= 0.3 is 58.4 Å². The van der Waals surface area contributed by atoms with E-state index in [1.54, 1.807) is 31.4 Å². The van der Waals surface area contributed by atoms with E-state index in [0.29, 0.717) is 5.75 Å². The molecule has 0 saturated heterocycles. The van der Waals surface area contributed by atoms with E-state index in [-0.39, 0.29) is 63.7 Å². The molecule has 21 heavy (non-hydrogen) atoms. The van der Waals surface area contributed by atoms with Crippen LogP contribution in [0.5, 0.6) is 11.5 Å². The van der Waals surface area contributed by atoms with Gasteiger partial charge in [0.25, 0.3) is 0 Å². The second-order valence-corrected chi connectivity index (χ2v) is 4.25. The maximum absolute atomic E-state index is 12.8. The number of rotatable bonds is 5. The number of para-hydroxylation sites is 1. The maximum Gasteiger partial charge on any atom is 1.00 e. The summed E-state index contributed by atoms with van der Waals surface area (Å²) in [5, 5.41) is 0. The van der Waals surface area contributed by atoms with Crippen LogP contribution in [0, 0.1) is 0 Å². The number of methoxy groups -OCH3 is 1. The van der Waals surface area contributed by atoms with Crippen molar-refractivity contribution >= 4 is 12.4 Å². The van der Waals surface area contributed by atoms with Crippen LogP contribution in [0.25, 0.3) is 0 Å². The second-order valence-electron chi connectivity index (χ2n) is 4.25. The van der Waals surface area contributed by atoms with Crippen LogP contribution >= 0.6 is 0 Å². The fraction of sp³-hybridized carbons (Fsp3) is 0.143. The quantitative estimate of drug-likeness (QED) is 0.740. The van der Waals surface area contributed by atoms with Crippen molar-refractivity contribution in [3.8, 4) is 11.5 Å². The van der Waals surface area contributed by atoms with Crippen molar-refractivity contribution in [1.29, 1.82) is 0 Å². The first-order valence-electron chi connectivity index (χ1n) is 6.05. The van der Waals surface area contributed by atoms with Crippen molar-refractivity contribution in [2.45, 2.75) is 6.61 Å². The summed E-state index contributed by atoms with van der Waals surface area (Å²) in [6.45, 7) is -5.00. The molecule has 0 aliphatic heterocycles. The van der Waals surface area contributed by atoms with Crippen LogP contribution in [0.3, 0.4) is 0 Å². The number of ether oxygens (including phenoxy) is 2. The molecular weight excluding hydrogens is 307 g/mol. The smallest absolute Gasteiger partial charge is 0.497 e. The summed E-state index contributed by atoms with van der Waals surface area (Å²) in [6, 6.07) is 12.2. The molecule has 0 saturated carbocycles. The van der Waals surface area contributed by atoms with Gasteiger partial charge in [0, 0.05) is 0 Å². The van der Waals surface area contributed by atoms with Gasteiger partial charge in [-0.15, -0.1) is 0 Å². The van der Waals surface area contributed by atoms with Gasteiger partial charge in [-0.25, -0.2) is 0 Å². The Morgan fingerprint density at radius 1 is 0.952 bits per heavy atom. The summed E-state index contributed by atoms with van der Waals surface area (Å²) < 4.78 is 48.8. The van der Waals surface area contributed by atoms with Crippen molar-refractivity contribution in [3.63, 3.8) is 0 Å². The molecular formula is C14H13BF3KO2. The van der Waals surface area contributed by atoms with Crippen LogP contribution < -0.4 is 66.3 Å². The first-order chi connectivity index (χ1) is 9.50. The summed E-state index contributed by atoms with van der Waals surface area (Å²) in [5.41, 5.74) is 0.0660. The Kier molecular flexibility index (Phi) is 7.29. The fourth-order valence-electron chi connectivity index (χ4n) is 1.77. The Hall–Kier alpha value is -0.469. The Morgan fingerprint density at radius 3 is 2.14 bits per heavy atom. The van der Waals surface area contributed by atoms with Crippen LogP contribution in [0.2, 0.25) is 0 Å². The topological polar surface area (TPSA) is 18.5 Å². The van der Waals surface area contributed by atoms with Crippen molar-refractivity contribution < 1.29 is 73.8 Å². The normalized spacial score (nSPS) is 10.7. The molecule has 0 aromatic heterocycles. The summed E-state index contributed by atoms with van der Waals surface area (Å²) in [5.74, 6) is 0.545. The van der Waals surface area contributed by atoms with Gasteiger partial charge in [-0.2, -0.15) is 0 Å². The number of hydrogen-bond acceptors (Lipinski definition) is 2. The minimum absolute atomic E-state index is 0. The number of benzene rings is 2. The molecule has 0 aliphatic carbocycles. The van der Waals surface area contributed by atoms with E-state index in [0.717, 1.165) is 11.6 Å². The van der Waals surface area contributed by atoms with Gasteiger partial charge in [-0.05, 0) is 23.8 Å². The van der Waals surface area contributed by atoms with Gasteiger partial charge in [0.05, 0.1) is 12.9 Å². The standard InChI is InChI=1S/C14H13BF3O2.K/c1-19-12-8-6-11(7-9-12)10-20-14-5-3-2-4-13(14)15(16,17)18;/h2-9H,10H2,1H3;/q-1;+1. The fourth-order valence-corrected chi connectivity index (χ4v) is 1.77. The first-order valence-corrected chi connectivity index (χ1v) is 6.05. The zero-order valence-corrected chi connectivity index (χ0v) is 15.0. The van der Waals surface area contributed by atoms with E-state index >= 15 is 0 Å². The molecule has 2 rings (SSSR count).